The number of hydrogen-bond acceptors (Lipinski definition) is 5. The largest absolute Gasteiger partial charge is 0.492 e. The molecule has 0 aliphatic carbocycles. The maximum atomic E-state index is 10.4. The summed E-state index contributed by atoms with van der Waals surface area (Å²) in [4.78, 5) is 0. The Balaban J connectivity index is 2.40. The maximum Gasteiger partial charge on any atom is 0.268 e. The highest BCUT2D eigenvalue weighted by molar-refractivity contribution is 7.85. The highest BCUT2D eigenvalue weighted by Gasteiger charge is 2.04. The third-order valence-electron chi connectivity index (χ3n) is 1.82. The summed E-state index contributed by atoms with van der Waals surface area (Å²) in [5.74, 6) is 0.740. The molecule has 96 valence electrons. The van der Waals surface area contributed by atoms with Crippen molar-refractivity contribution < 1.29 is 22.4 Å². The number of rotatable bonds is 7. The molecule has 1 rings (SSSR count). The van der Waals surface area contributed by atoms with Crippen LogP contribution in [0.5, 0.6) is 11.5 Å². The Morgan fingerprint density at radius 2 is 1.53 bits per heavy atom. The van der Waals surface area contributed by atoms with Gasteiger partial charge in [0.25, 0.3) is 10.1 Å². The first-order chi connectivity index (χ1) is 8.01. The standard InChI is InChI=1S/C10H15NO5S/c11-5-6-15-9-1-3-10(4-2-9)16-7-8-17(12,13)14/h1-4H,5-8,11H2,(H,12,13,14). The van der Waals surface area contributed by atoms with Crippen LogP contribution < -0.4 is 15.2 Å². The van der Waals surface area contributed by atoms with Crippen LogP contribution >= 0.6 is 0 Å². The molecule has 0 aliphatic rings. The molecule has 0 atom stereocenters. The molecule has 0 heterocycles. The zero-order valence-electron chi connectivity index (χ0n) is 9.20. The van der Waals surface area contributed by atoms with E-state index in [0.29, 0.717) is 24.7 Å². The van der Waals surface area contributed by atoms with Gasteiger partial charge in [-0.25, -0.2) is 0 Å². The molecule has 0 saturated carbocycles. The van der Waals surface area contributed by atoms with Crippen molar-refractivity contribution >= 4 is 10.1 Å². The summed E-state index contributed by atoms with van der Waals surface area (Å²) in [6.07, 6.45) is 0. The second-order valence-corrected chi connectivity index (χ2v) is 4.82. The van der Waals surface area contributed by atoms with Crippen LogP contribution in [0, 0.1) is 0 Å². The van der Waals surface area contributed by atoms with Crippen LogP contribution in [0.4, 0.5) is 0 Å². The van der Waals surface area contributed by atoms with Crippen molar-refractivity contribution in [1.82, 2.24) is 0 Å². The van der Waals surface area contributed by atoms with Crippen LogP contribution in [-0.4, -0.2) is 38.5 Å². The van der Waals surface area contributed by atoms with Gasteiger partial charge in [-0.3, -0.25) is 4.55 Å². The first-order valence-corrected chi connectivity index (χ1v) is 6.63. The average molecular weight is 261 g/mol. The highest BCUT2D eigenvalue weighted by atomic mass is 32.2. The smallest absolute Gasteiger partial charge is 0.268 e. The maximum absolute atomic E-state index is 10.4. The molecule has 0 spiro atoms. The van der Waals surface area contributed by atoms with Crippen molar-refractivity contribution in [2.24, 2.45) is 5.73 Å². The number of hydrogen-bond donors (Lipinski definition) is 2. The Labute approximate surface area is 100 Å². The number of ether oxygens (including phenoxy) is 2. The van der Waals surface area contributed by atoms with Crippen LogP contribution in [0.2, 0.25) is 0 Å². The van der Waals surface area contributed by atoms with Gasteiger partial charge < -0.3 is 15.2 Å². The molecule has 0 aromatic heterocycles. The van der Waals surface area contributed by atoms with E-state index in [9.17, 15) is 8.42 Å². The van der Waals surface area contributed by atoms with E-state index >= 15 is 0 Å². The lowest BCUT2D eigenvalue weighted by molar-refractivity contribution is 0.322. The van der Waals surface area contributed by atoms with Crippen LogP contribution in [0.1, 0.15) is 0 Å². The normalized spacial score (nSPS) is 11.2. The minimum absolute atomic E-state index is 0.0954. The van der Waals surface area contributed by atoms with Gasteiger partial charge in [0.2, 0.25) is 0 Å². The summed E-state index contributed by atoms with van der Waals surface area (Å²) >= 11 is 0. The molecule has 1 aromatic carbocycles. The van der Waals surface area contributed by atoms with Crippen molar-refractivity contribution in [2.45, 2.75) is 0 Å². The van der Waals surface area contributed by atoms with Gasteiger partial charge in [0.15, 0.2) is 0 Å². The van der Waals surface area contributed by atoms with Crippen LogP contribution in [0.15, 0.2) is 24.3 Å². The molecule has 0 saturated heterocycles. The van der Waals surface area contributed by atoms with Gasteiger partial charge in [0.1, 0.15) is 30.5 Å². The van der Waals surface area contributed by atoms with Gasteiger partial charge in [0, 0.05) is 6.54 Å². The van der Waals surface area contributed by atoms with Crippen molar-refractivity contribution in [3.8, 4) is 11.5 Å². The summed E-state index contributed by atoms with van der Waals surface area (Å²) in [7, 11) is -3.98. The molecule has 0 amide bonds. The summed E-state index contributed by atoms with van der Waals surface area (Å²) in [5.41, 5.74) is 5.28. The molecule has 6 nitrogen and oxygen atoms in total. The van der Waals surface area contributed by atoms with E-state index in [4.69, 9.17) is 19.8 Å². The van der Waals surface area contributed by atoms with Crippen molar-refractivity contribution in [3.05, 3.63) is 24.3 Å². The summed E-state index contributed by atoms with van der Waals surface area (Å²) in [6, 6.07) is 6.68. The third kappa shape index (κ3) is 6.10. The average Bonchev–Trinajstić information content (AvgIpc) is 2.26. The Bertz CT molecular complexity index is 429. The van der Waals surface area contributed by atoms with Crippen LogP contribution in [0.25, 0.3) is 0 Å². The zero-order chi connectivity index (χ0) is 12.7. The second kappa shape index (κ2) is 6.43. The SMILES string of the molecule is NCCOc1ccc(OCCS(=O)(=O)O)cc1. The molecular formula is C10H15NO5S. The lowest BCUT2D eigenvalue weighted by atomic mass is 10.3. The quantitative estimate of drug-likeness (QED) is 0.684. The number of benzene rings is 1. The molecule has 0 unspecified atom stereocenters. The minimum Gasteiger partial charge on any atom is -0.492 e. The minimum atomic E-state index is -3.98. The van der Waals surface area contributed by atoms with Gasteiger partial charge in [-0.15, -0.1) is 0 Å². The van der Waals surface area contributed by atoms with E-state index in [2.05, 4.69) is 0 Å². The van der Waals surface area contributed by atoms with Gasteiger partial charge in [-0.05, 0) is 24.3 Å². The van der Waals surface area contributed by atoms with Crippen LogP contribution in [0.3, 0.4) is 0 Å². The first-order valence-electron chi connectivity index (χ1n) is 5.02. The van der Waals surface area contributed by atoms with Crippen molar-refractivity contribution in [1.29, 1.82) is 0 Å². The Morgan fingerprint density at radius 1 is 1.06 bits per heavy atom. The molecule has 3 N–H and O–H groups in total. The molecular weight excluding hydrogens is 246 g/mol. The Hall–Kier alpha value is -1.31. The molecule has 0 radical (unpaired) electrons. The van der Waals surface area contributed by atoms with E-state index < -0.39 is 15.9 Å². The Kier molecular flexibility index (Phi) is 5.20. The second-order valence-electron chi connectivity index (χ2n) is 3.24. The van der Waals surface area contributed by atoms with E-state index in [0.717, 1.165) is 0 Å². The number of nitrogens with two attached hydrogens (primary N) is 1. The fourth-order valence-corrected chi connectivity index (χ4v) is 1.37. The summed E-state index contributed by atoms with van der Waals surface area (Å²) in [5, 5.41) is 0. The van der Waals surface area contributed by atoms with E-state index in [1.165, 1.54) is 0 Å². The third-order valence-corrected chi connectivity index (χ3v) is 2.50. The lowest BCUT2D eigenvalue weighted by Gasteiger charge is -2.07. The van der Waals surface area contributed by atoms with E-state index in [1.807, 2.05) is 0 Å². The summed E-state index contributed by atoms with van der Waals surface area (Å²) in [6.45, 7) is 0.775. The van der Waals surface area contributed by atoms with Gasteiger partial charge in [-0.1, -0.05) is 0 Å². The topological polar surface area (TPSA) is 98.9 Å². The van der Waals surface area contributed by atoms with Gasteiger partial charge >= 0.3 is 0 Å². The predicted octanol–water partition coefficient (Wildman–Crippen LogP) is 0.291. The van der Waals surface area contributed by atoms with E-state index in [1.54, 1.807) is 24.3 Å². The summed E-state index contributed by atoms with van der Waals surface area (Å²) < 4.78 is 39.7. The van der Waals surface area contributed by atoms with Crippen LogP contribution in [-0.2, 0) is 10.1 Å². The monoisotopic (exact) mass is 261 g/mol. The molecule has 17 heavy (non-hydrogen) atoms. The van der Waals surface area contributed by atoms with Crippen molar-refractivity contribution in [3.63, 3.8) is 0 Å². The fourth-order valence-electron chi connectivity index (χ4n) is 1.07. The van der Waals surface area contributed by atoms with Crippen molar-refractivity contribution in [2.75, 3.05) is 25.5 Å². The van der Waals surface area contributed by atoms with Gasteiger partial charge in [0.05, 0.1) is 0 Å². The first kappa shape index (κ1) is 13.8. The van der Waals surface area contributed by atoms with E-state index in [-0.39, 0.29) is 6.61 Å². The zero-order valence-corrected chi connectivity index (χ0v) is 10.0. The molecule has 0 bridgehead atoms. The highest BCUT2D eigenvalue weighted by Crippen LogP contribution is 2.17. The molecule has 1 aromatic rings. The molecule has 0 aliphatic heterocycles. The lowest BCUT2D eigenvalue weighted by Crippen LogP contribution is -2.12. The van der Waals surface area contributed by atoms with Gasteiger partial charge in [-0.2, -0.15) is 8.42 Å². The Morgan fingerprint density at radius 3 is 1.94 bits per heavy atom. The fraction of sp³-hybridized carbons (Fsp3) is 0.400. The molecule has 7 heteroatoms. The molecule has 0 fully saturated rings. The predicted molar refractivity (Wildman–Crippen MR) is 62.9 cm³/mol.